The van der Waals surface area contributed by atoms with E-state index in [0.717, 1.165) is 50.9 Å². The van der Waals surface area contributed by atoms with Gasteiger partial charge in [0.2, 0.25) is 5.91 Å². The molecule has 0 spiro atoms. The Kier molecular flexibility index (Phi) is 5.44. The number of halogens is 1. The molecule has 3 nitrogen and oxygen atoms in total. The Balaban J connectivity index is 1.47. The highest BCUT2D eigenvalue weighted by Gasteiger charge is 2.22. The van der Waals surface area contributed by atoms with Crippen LogP contribution in [0.4, 0.5) is 4.39 Å². The molecular formula is C19H25FN2O. The van der Waals surface area contributed by atoms with Gasteiger partial charge >= 0.3 is 0 Å². The van der Waals surface area contributed by atoms with E-state index in [2.05, 4.69) is 16.3 Å². The number of rotatable bonds is 5. The first-order valence-corrected chi connectivity index (χ1v) is 8.63. The summed E-state index contributed by atoms with van der Waals surface area (Å²) in [7, 11) is 0. The van der Waals surface area contributed by atoms with Crippen molar-refractivity contribution in [3.8, 4) is 0 Å². The predicted octanol–water partition coefficient (Wildman–Crippen LogP) is 3.41. The van der Waals surface area contributed by atoms with Gasteiger partial charge in [-0.15, -0.1) is 0 Å². The van der Waals surface area contributed by atoms with E-state index >= 15 is 0 Å². The van der Waals surface area contributed by atoms with E-state index in [4.69, 9.17) is 0 Å². The number of carbonyl (C=O) groups excluding carboxylic acids is 1. The van der Waals surface area contributed by atoms with Crippen LogP contribution in [0, 0.1) is 5.82 Å². The fourth-order valence-electron chi connectivity index (χ4n) is 3.55. The summed E-state index contributed by atoms with van der Waals surface area (Å²) in [4.78, 5) is 14.5. The minimum absolute atomic E-state index is 0.159. The molecule has 4 heteroatoms. The van der Waals surface area contributed by atoms with E-state index in [1.807, 2.05) is 12.1 Å². The van der Waals surface area contributed by atoms with Crippen LogP contribution in [0.3, 0.4) is 0 Å². The summed E-state index contributed by atoms with van der Waals surface area (Å²) >= 11 is 0. The Hall–Kier alpha value is -1.68. The summed E-state index contributed by atoms with van der Waals surface area (Å²) in [5.74, 6) is -0.0365. The number of nitrogens with one attached hydrogen (secondary N) is 1. The van der Waals surface area contributed by atoms with Crippen LogP contribution in [0.2, 0.25) is 0 Å². The first-order chi connectivity index (χ1) is 11.2. The van der Waals surface area contributed by atoms with Crippen molar-refractivity contribution in [2.75, 3.05) is 13.1 Å². The first kappa shape index (κ1) is 16.2. The van der Waals surface area contributed by atoms with Crippen LogP contribution in [0.5, 0.6) is 0 Å². The molecule has 1 unspecified atom stereocenters. The maximum atomic E-state index is 13.0. The van der Waals surface area contributed by atoms with E-state index in [1.54, 1.807) is 0 Å². The number of allylic oxidation sites excluding steroid dienone is 1. The van der Waals surface area contributed by atoms with Gasteiger partial charge in [0.1, 0.15) is 5.82 Å². The number of hydrogen-bond donors (Lipinski definition) is 1. The number of amides is 1. The standard InChI is InChI=1S/C19H25FN2O/c20-17-9-7-16(8-10-17)13-22-11-3-6-18(14-22)21-19(23)12-15-4-1-2-5-15/h4,7-10,18H,1-3,5-6,11-14H2,(H,21,23). The van der Waals surface area contributed by atoms with Crippen LogP contribution in [0.15, 0.2) is 35.9 Å². The zero-order chi connectivity index (χ0) is 16.1. The highest BCUT2D eigenvalue weighted by atomic mass is 19.1. The van der Waals surface area contributed by atoms with E-state index in [9.17, 15) is 9.18 Å². The largest absolute Gasteiger partial charge is 0.352 e. The average molecular weight is 316 g/mol. The van der Waals surface area contributed by atoms with Crippen molar-refractivity contribution in [2.24, 2.45) is 0 Å². The molecule has 2 aliphatic rings. The number of nitrogens with zero attached hydrogens (tertiary/aromatic N) is 1. The van der Waals surface area contributed by atoms with E-state index in [-0.39, 0.29) is 17.8 Å². The van der Waals surface area contributed by atoms with Crippen molar-refractivity contribution in [2.45, 2.75) is 51.1 Å². The lowest BCUT2D eigenvalue weighted by Crippen LogP contribution is -2.47. The van der Waals surface area contributed by atoms with Gasteiger partial charge in [-0.05, 0) is 56.3 Å². The molecule has 124 valence electrons. The molecule has 1 heterocycles. The zero-order valence-electron chi connectivity index (χ0n) is 13.6. The second kappa shape index (κ2) is 7.73. The van der Waals surface area contributed by atoms with Crippen molar-refractivity contribution in [3.63, 3.8) is 0 Å². The summed E-state index contributed by atoms with van der Waals surface area (Å²) in [6.45, 7) is 2.73. The molecule has 0 radical (unpaired) electrons. The van der Waals surface area contributed by atoms with E-state index < -0.39 is 0 Å². The highest BCUT2D eigenvalue weighted by molar-refractivity contribution is 5.78. The summed E-state index contributed by atoms with van der Waals surface area (Å²) in [5, 5.41) is 3.19. The van der Waals surface area contributed by atoms with Crippen molar-refractivity contribution in [1.29, 1.82) is 0 Å². The fourth-order valence-corrected chi connectivity index (χ4v) is 3.55. The fraction of sp³-hybridized carbons (Fsp3) is 0.526. The Morgan fingerprint density at radius 2 is 2.09 bits per heavy atom. The SMILES string of the molecule is O=C(CC1=CCCC1)NC1CCCN(Cc2ccc(F)cc2)C1. The lowest BCUT2D eigenvalue weighted by molar-refractivity contribution is -0.121. The van der Waals surface area contributed by atoms with Crippen LogP contribution in [0.1, 0.15) is 44.1 Å². The summed E-state index contributed by atoms with van der Waals surface area (Å²) < 4.78 is 13.0. The van der Waals surface area contributed by atoms with Gasteiger partial charge in [-0.1, -0.05) is 23.8 Å². The normalized spacial score (nSPS) is 22.0. The summed E-state index contributed by atoms with van der Waals surface area (Å²) in [5.41, 5.74) is 2.41. The molecule has 0 aromatic heterocycles. The number of likely N-dealkylation sites (tertiary alicyclic amines) is 1. The minimum atomic E-state index is -0.196. The number of carbonyl (C=O) groups is 1. The van der Waals surface area contributed by atoms with Gasteiger partial charge in [-0.3, -0.25) is 9.69 Å². The molecule has 1 aliphatic carbocycles. The maximum absolute atomic E-state index is 13.0. The lowest BCUT2D eigenvalue weighted by atomic mass is 10.0. The first-order valence-electron chi connectivity index (χ1n) is 8.63. The van der Waals surface area contributed by atoms with Crippen LogP contribution >= 0.6 is 0 Å². The molecular weight excluding hydrogens is 291 g/mol. The number of benzene rings is 1. The lowest BCUT2D eigenvalue weighted by Gasteiger charge is -2.33. The van der Waals surface area contributed by atoms with Crippen LogP contribution < -0.4 is 5.32 Å². The topological polar surface area (TPSA) is 32.3 Å². The van der Waals surface area contributed by atoms with Crippen LogP contribution in [-0.4, -0.2) is 29.9 Å². The van der Waals surface area contributed by atoms with Crippen molar-refractivity contribution in [3.05, 3.63) is 47.3 Å². The molecule has 1 saturated heterocycles. The van der Waals surface area contributed by atoms with Gasteiger partial charge in [0, 0.05) is 25.6 Å². The van der Waals surface area contributed by atoms with Crippen LogP contribution in [-0.2, 0) is 11.3 Å². The Morgan fingerprint density at radius 3 is 2.83 bits per heavy atom. The monoisotopic (exact) mass is 316 g/mol. The van der Waals surface area contributed by atoms with E-state index in [0.29, 0.717) is 6.42 Å². The van der Waals surface area contributed by atoms with Gasteiger partial charge < -0.3 is 5.32 Å². The Bertz CT molecular complexity index is 567. The van der Waals surface area contributed by atoms with Gasteiger partial charge in [0.05, 0.1) is 0 Å². The van der Waals surface area contributed by atoms with Crippen LogP contribution in [0.25, 0.3) is 0 Å². The number of piperidine rings is 1. The third kappa shape index (κ3) is 4.90. The molecule has 1 aromatic rings. The van der Waals surface area contributed by atoms with Crippen molar-refractivity contribution >= 4 is 5.91 Å². The predicted molar refractivity (Wildman–Crippen MR) is 89.4 cm³/mol. The minimum Gasteiger partial charge on any atom is -0.352 e. The summed E-state index contributed by atoms with van der Waals surface area (Å²) in [6, 6.07) is 6.93. The third-order valence-electron chi connectivity index (χ3n) is 4.71. The van der Waals surface area contributed by atoms with Crippen molar-refractivity contribution < 1.29 is 9.18 Å². The van der Waals surface area contributed by atoms with Gasteiger partial charge in [0.25, 0.3) is 0 Å². The second-order valence-electron chi connectivity index (χ2n) is 6.70. The zero-order valence-corrected chi connectivity index (χ0v) is 13.6. The molecule has 1 atom stereocenters. The average Bonchev–Trinajstić information content (AvgIpc) is 3.03. The Morgan fingerprint density at radius 1 is 1.26 bits per heavy atom. The quantitative estimate of drug-likeness (QED) is 0.844. The molecule has 0 bridgehead atoms. The molecule has 1 fully saturated rings. The third-order valence-corrected chi connectivity index (χ3v) is 4.71. The Labute approximate surface area is 137 Å². The molecule has 23 heavy (non-hydrogen) atoms. The van der Waals surface area contributed by atoms with E-state index in [1.165, 1.54) is 24.1 Å². The smallest absolute Gasteiger partial charge is 0.224 e. The second-order valence-corrected chi connectivity index (χ2v) is 6.70. The summed E-state index contributed by atoms with van der Waals surface area (Å²) in [6.07, 6.45) is 8.30. The van der Waals surface area contributed by atoms with Gasteiger partial charge in [-0.25, -0.2) is 4.39 Å². The molecule has 1 aromatic carbocycles. The van der Waals surface area contributed by atoms with Gasteiger partial charge in [-0.2, -0.15) is 0 Å². The molecule has 1 aliphatic heterocycles. The molecule has 0 saturated carbocycles. The molecule has 1 N–H and O–H groups in total. The maximum Gasteiger partial charge on any atom is 0.224 e. The van der Waals surface area contributed by atoms with Gasteiger partial charge in [0.15, 0.2) is 0 Å². The highest BCUT2D eigenvalue weighted by Crippen LogP contribution is 2.21. The molecule has 1 amide bonds. The molecule has 3 rings (SSSR count). The number of hydrogen-bond acceptors (Lipinski definition) is 2. The van der Waals surface area contributed by atoms with Crippen molar-refractivity contribution in [1.82, 2.24) is 10.2 Å².